The maximum Gasteiger partial charge on any atom is 0.165 e. The van der Waals surface area contributed by atoms with Crippen LogP contribution < -0.4 is 9.47 Å². The van der Waals surface area contributed by atoms with Gasteiger partial charge < -0.3 is 14.4 Å². The lowest BCUT2D eigenvalue weighted by atomic mass is 9.63. The minimum Gasteiger partial charge on any atom is -0.490 e. The van der Waals surface area contributed by atoms with Crippen LogP contribution in [0.25, 0.3) is 10.8 Å². The molecule has 0 aromatic heterocycles. The molecule has 0 radical (unpaired) electrons. The minimum atomic E-state index is -0.472. The van der Waals surface area contributed by atoms with Crippen LogP contribution in [0.3, 0.4) is 0 Å². The van der Waals surface area contributed by atoms with Gasteiger partial charge in [-0.15, -0.1) is 6.58 Å². The number of allylic oxidation sites excluding steroid dienone is 5. The number of benzene rings is 4. The SMILES string of the molecule is C=CCc1cc(C2C3=C(CC(C)(C)CC3=O)N(CCc3ccccc3)C3=C2C(=O)CC(C)(C)C3)cc(OCC)c1OCc1cccc2ccccc12. The molecule has 4 aromatic rings. The molecule has 0 amide bonds. The Balaban J connectivity index is 1.38. The molecule has 0 atom stereocenters. The number of rotatable bonds is 11. The van der Waals surface area contributed by atoms with E-state index in [4.69, 9.17) is 9.47 Å². The number of hydrogen-bond donors (Lipinski definition) is 0. The van der Waals surface area contributed by atoms with Gasteiger partial charge in [-0.05, 0) is 77.0 Å². The van der Waals surface area contributed by atoms with Crippen molar-refractivity contribution >= 4 is 22.3 Å². The first-order valence-electron chi connectivity index (χ1n) is 18.8. The third kappa shape index (κ3) is 6.98. The molecule has 7 rings (SSSR count). The first-order valence-corrected chi connectivity index (χ1v) is 18.8. The summed E-state index contributed by atoms with van der Waals surface area (Å²) < 4.78 is 13.0. The Hall–Kier alpha value is -4.90. The van der Waals surface area contributed by atoms with Crippen LogP contribution >= 0.6 is 0 Å². The molecule has 0 unspecified atom stereocenters. The summed E-state index contributed by atoms with van der Waals surface area (Å²) in [6.07, 6.45) is 5.69. The maximum atomic E-state index is 14.5. The Bertz CT molecular complexity index is 2040. The normalized spacial score (nSPS) is 18.4. The van der Waals surface area contributed by atoms with Crippen LogP contribution in [0.4, 0.5) is 0 Å². The predicted molar refractivity (Wildman–Crippen MR) is 209 cm³/mol. The minimum absolute atomic E-state index is 0.129. The molecule has 0 spiro atoms. The molecule has 5 nitrogen and oxygen atoms in total. The van der Waals surface area contributed by atoms with Crippen LogP contribution in [0.15, 0.2) is 120 Å². The van der Waals surface area contributed by atoms with Crippen LogP contribution in [0.2, 0.25) is 0 Å². The zero-order valence-electron chi connectivity index (χ0n) is 31.4. The highest BCUT2D eigenvalue weighted by Crippen LogP contribution is 2.55. The van der Waals surface area contributed by atoms with Crippen LogP contribution in [0.1, 0.15) is 88.5 Å². The van der Waals surface area contributed by atoms with Crippen LogP contribution in [0.5, 0.6) is 11.5 Å². The first-order chi connectivity index (χ1) is 25.0. The Kier molecular flexibility index (Phi) is 9.73. The van der Waals surface area contributed by atoms with E-state index in [1.165, 1.54) is 10.9 Å². The summed E-state index contributed by atoms with van der Waals surface area (Å²) in [4.78, 5) is 31.4. The van der Waals surface area contributed by atoms with E-state index in [0.717, 1.165) is 63.9 Å². The van der Waals surface area contributed by atoms with Gasteiger partial charge in [0.1, 0.15) is 6.61 Å². The quantitative estimate of drug-likeness (QED) is 0.146. The summed E-state index contributed by atoms with van der Waals surface area (Å²) in [5.41, 5.74) is 7.48. The van der Waals surface area contributed by atoms with E-state index in [1.807, 2.05) is 31.2 Å². The molecule has 0 bridgehead atoms. The molecule has 0 saturated carbocycles. The molecule has 0 fully saturated rings. The van der Waals surface area contributed by atoms with Crippen molar-refractivity contribution in [3.63, 3.8) is 0 Å². The van der Waals surface area contributed by atoms with Crippen molar-refractivity contribution in [1.29, 1.82) is 0 Å². The fraction of sp³-hybridized carbons (Fsp3) is 0.362. The number of nitrogens with zero attached hydrogens (tertiary/aromatic N) is 1. The lowest BCUT2D eigenvalue weighted by Gasteiger charge is -2.49. The van der Waals surface area contributed by atoms with Crippen molar-refractivity contribution in [2.45, 2.75) is 85.7 Å². The molecule has 3 aliphatic rings. The van der Waals surface area contributed by atoms with Gasteiger partial charge in [-0.3, -0.25) is 9.59 Å². The molecular formula is C47H51NO4. The summed E-state index contributed by atoms with van der Waals surface area (Å²) in [6, 6.07) is 29.3. The average molecular weight is 694 g/mol. The molecule has 5 heteroatoms. The average Bonchev–Trinajstić information content (AvgIpc) is 3.09. The topological polar surface area (TPSA) is 55.8 Å². The van der Waals surface area contributed by atoms with Crippen molar-refractivity contribution in [3.8, 4) is 11.5 Å². The Labute approximate surface area is 309 Å². The third-order valence-corrected chi connectivity index (χ3v) is 10.9. The summed E-state index contributed by atoms with van der Waals surface area (Å²) in [6.45, 7) is 16.4. The second kappa shape index (κ2) is 14.3. The number of ether oxygens (including phenoxy) is 2. The molecule has 268 valence electrons. The molecule has 2 aliphatic carbocycles. The lowest BCUT2D eigenvalue weighted by Crippen LogP contribution is -2.45. The van der Waals surface area contributed by atoms with Gasteiger partial charge in [-0.1, -0.05) is 113 Å². The zero-order chi connectivity index (χ0) is 36.6. The second-order valence-electron chi connectivity index (χ2n) is 16.3. The second-order valence-corrected chi connectivity index (χ2v) is 16.3. The lowest BCUT2D eigenvalue weighted by molar-refractivity contribution is -0.119. The number of fused-ring (bicyclic) bond motifs is 1. The van der Waals surface area contributed by atoms with E-state index in [-0.39, 0.29) is 22.4 Å². The molecule has 4 aromatic carbocycles. The molecule has 52 heavy (non-hydrogen) atoms. The van der Waals surface area contributed by atoms with Gasteiger partial charge in [-0.25, -0.2) is 0 Å². The standard InChI is InChI=1S/C47H51NO4/c1-7-15-33-24-35(25-41(51-8-2)45(33)52-30-34-20-14-19-32-18-12-13-21-36(32)34)42-43-37(26-46(3,4)28-39(43)49)48(23-22-31-16-10-9-11-17-31)38-27-47(5,6)29-40(50)44(38)42/h7,9-14,16-21,24-25,42H,1,8,15,22-23,26-30H2,2-6H3. The fourth-order valence-electron chi connectivity index (χ4n) is 8.69. The van der Waals surface area contributed by atoms with Gasteiger partial charge in [0.05, 0.1) is 6.61 Å². The molecule has 1 aliphatic heterocycles. The largest absolute Gasteiger partial charge is 0.490 e. The van der Waals surface area contributed by atoms with E-state index in [0.29, 0.717) is 50.5 Å². The number of hydrogen-bond acceptors (Lipinski definition) is 5. The van der Waals surface area contributed by atoms with E-state index in [2.05, 4.69) is 106 Å². The van der Waals surface area contributed by atoms with Gasteiger partial charge in [0, 0.05) is 53.4 Å². The van der Waals surface area contributed by atoms with Crippen molar-refractivity contribution in [1.82, 2.24) is 4.90 Å². The van der Waals surface area contributed by atoms with E-state index in [1.54, 1.807) is 0 Å². The van der Waals surface area contributed by atoms with Crippen LogP contribution in [0, 0.1) is 10.8 Å². The van der Waals surface area contributed by atoms with E-state index in [9.17, 15) is 9.59 Å². The number of ketones is 2. The maximum absolute atomic E-state index is 14.5. The predicted octanol–water partition coefficient (Wildman–Crippen LogP) is 10.5. The highest BCUT2D eigenvalue weighted by molar-refractivity contribution is 6.07. The molecular weight excluding hydrogens is 643 g/mol. The third-order valence-electron chi connectivity index (χ3n) is 10.9. The number of carbonyl (C=O) groups excluding carboxylic acids is 2. The van der Waals surface area contributed by atoms with E-state index >= 15 is 0 Å². The van der Waals surface area contributed by atoms with Gasteiger partial charge >= 0.3 is 0 Å². The van der Waals surface area contributed by atoms with Crippen LogP contribution in [-0.2, 0) is 29.0 Å². The van der Waals surface area contributed by atoms with E-state index < -0.39 is 5.92 Å². The summed E-state index contributed by atoms with van der Waals surface area (Å²) in [5, 5.41) is 2.32. The molecule has 0 N–H and O–H groups in total. The molecule has 1 heterocycles. The van der Waals surface area contributed by atoms with Gasteiger partial charge in [0.15, 0.2) is 23.1 Å². The smallest absolute Gasteiger partial charge is 0.165 e. The number of carbonyl (C=O) groups is 2. The Morgan fingerprint density at radius 2 is 1.40 bits per heavy atom. The van der Waals surface area contributed by atoms with Gasteiger partial charge in [-0.2, -0.15) is 0 Å². The first kappa shape index (κ1) is 35.5. The van der Waals surface area contributed by atoms with Crippen molar-refractivity contribution in [3.05, 3.63) is 142 Å². The summed E-state index contributed by atoms with van der Waals surface area (Å²) in [7, 11) is 0. The summed E-state index contributed by atoms with van der Waals surface area (Å²) in [5.74, 6) is 1.09. The van der Waals surface area contributed by atoms with Crippen molar-refractivity contribution in [2.75, 3.05) is 13.2 Å². The van der Waals surface area contributed by atoms with Crippen molar-refractivity contribution < 1.29 is 19.1 Å². The highest BCUT2D eigenvalue weighted by atomic mass is 16.5. The highest BCUT2D eigenvalue weighted by Gasteiger charge is 2.49. The van der Waals surface area contributed by atoms with Crippen molar-refractivity contribution in [2.24, 2.45) is 10.8 Å². The Morgan fingerprint density at radius 1 is 0.769 bits per heavy atom. The Morgan fingerprint density at radius 3 is 2.06 bits per heavy atom. The monoisotopic (exact) mass is 693 g/mol. The fourth-order valence-corrected chi connectivity index (χ4v) is 8.69. The summed E-state index contributed by atoms with van der Waals surface area (Å²) >= 11 is 0. The number of Topliss-reactive ketones (excluding diaryl/α,β-unsaturated/α-hetero) is 2. The molecule has 0 saturated heterocycles. The van der Waals surface area contributed by atoms with Gasteiger partial charge in [0.2, 0.25) is 0 Å². The van der Waals surface area contributed by atoms with Gasteiger partial charge in [0.25, 0.3) is 0 Å². The van der Waals surface area contributed by atoms with Crippen LogP contribution in [-0.4, -0.2) is 29.6 Å². The zero-order valence-corrected chi connectivity index (χ0v) is 31.4.